The molecule has 792 valence electrons. The Morgan fingerprint density at radius 2 is 1.12 bits per heavy atom. The zero-order valence-corrected chi connectivity index (χ0v) is 80.8. The van der Waals surface area contributed by atoms with Crippen molar-refractivity contribution in [2.24, 2.45) is 29.1 Å². The summed E-state index contributed by atoms with van der Waals surface area (Å²) in [7, 11) is 2.66. The lowest BCUT2D eigenvalue weighted by Gasteiger charge is -2.39. The summed E-state index contributed by atoms with van der Waals surface area (Å²) < 4.78 is 85.8. The van der Waals surface area contributed by atoms with E-state index in [-0.39, 0.29) is 172 Å². The van der Waals surface area contributed by atoms with Crippen molar-refractivity contribution in [3.63, 3.8) is 0 Å². The van der Waals surface area contributed by atoms with E-state index in [4.69, 9.17) is 71.1 Å². The van der Waals surface area contributed by atoms with Crippen LogP contribution in [-0.4, -0.2) is 343 Å². The molecule has 9 amide bonds. The Morgan fingerprint density at radius 1 is 0.575 bits per heavy atom. The van der Waals surface area contributed by atoms with Gasteiger partial charge in [0.15, 0.2) is 59.7 Å². The smallest absolute Gasteiger partial charge is 0.416 e. The molecule has 6 aliphatic heterocycles. The van der Waals surface area contributed by atoms with E-state index >= 15 is 4.79 Å². The lowest BCUT2D eigenvalue weighted by Crippen LogP contribution is -2.61. The normalized spacial score (nSPS) is 24.8. The first kappa shape index (κ1) is 109. The zero-order valence-electron chi connectivity index (χ0n) is 80.8. The molecule has 0 radical (unpaired) electrons. The first-order chi connectivity index (χ1) is 70.1. The summed E-state index contributed by atoms with van der Waals surface area (Å²) in [5.74, 6) is -1.23. The van der Waals surface area contributed by atoms with Gasteiger partial charge in [-0.3, -0.25) is 38.9 Å². The molecule has 5 aromatic rings. The number of amides is 9. The van der Waals surface area contributed by atoms with Gasteiger partial charge in [0.25, 0.3) is 17.7 Å². The van der Waals surface area contributed by atoms with Gasteiger partial charge in [-0.15, -0.1) is 11.8 Å². The van der Waals surface area contributed by atoms with Gasteiger partial charge in [0.05, 0.1) is 133 Å². The predicted molar refractivity (Wildman–Crippen MR) is 503 cm³/mol. The number of aliphatic hydroxyl groups excluding tert-OH is 8. The predicted octanol–water partition coefficient (Wildman–Crippen LogP) is 2.48. The second-order valence-electron chi connectivity index (χ2n) is 37.1. The van der Waals surface area contributed by atoms with Gasteiger partial charge in [-0.25, -0.2) is 33.8 Å². The Bertz CT molecular complexity index is 5600. The molecule has 15 N–H and O–H groups in total. The van der Waals surface area contributed by atoms with Gasteiger partial charge in [-0.1, -0.05) is 50.2 Å². The number of ether oxygens (including phenoxy) is 15. The van der Waals surface area contributed by atoms with Crippen LogP contribution in [0.25, 0.3) is 0 Å². The topological polar surface area (TPSA) is 645 Å². The van der Waals surface area contributed by atoms with E-state index in [1.54, 1.807) is 26.0 Å². The third-order valence-corrected chi connectivity index (χ3v) is 27.0. The van der Waals surface area contributed by atoms with Crippen LogP contribution in [0.15, 0.2) is 84.9 Å². The molecule has 3 aliphatic carbocycles. The SMILES string of the molecule is COc1cc2c(cc1OCCCCCOc1cc3c(cc1OC)C(=O)N1CC4(CC4)C[C@H]1[C@H](O)N3C(=O)OCc1ccc(NC(=O)[C@H](CO[C@@H]3O[C@H](C(=O)O)[C@@H](O)[C@H](O)[C@H]3O)NC(=O)[C@@H](NC(C)=O)C(C)C)cc1C(=O)NCCOCCOCCOCCOCCNC(=O)OCC1[C@H]3CCC#CCC[C@@H]13)N(C(=O)OCc1ccc(O[C@@H]3O[C@H](C(=O)O)[C@@H](O)[C@H](O)[C@H]3O)c([N+](=O)[O-])c1)[C@@H](O)[C@@H]1Cc3ccccc3CN1C2=O. The highest BCUT2D eigenvalue weighted by Gasteiger charge is 2.59. The third-order valence-electron chi connectivity index (χ3n) is 27.0. The number of carbonyl (C=O) groups excluding carboxylic acids is 9. The number of aliphatic carboxylic acids is 2. The molecule has 14 rings (SSSR count). The third kappa shape index (κ3) is 26.2. The maximum atomic E-state index is 15.2. The number of nitrogens with zero attached hydrogens (tertiary/aromatic N) is 5. The molecule has 1 spiro atoms. The second kappa shape index (κ2) is 49.5. The molecular formula is C98H122N10O38. The minimum absolute atomic E-state index is 0.00441. The van der Waals surface area contributed by atoms with Gasteiger partial charge in [-0.2, -0.15) is 0 Å². The van der Waals surface area contributed by atoms with Crippen LogP contribution in [0.3, 0.4) is 0 Å². The number of carboxylic acids is 2. The van der Waals surface area contributed by atoms with Crippen molar-refractivity contribution in [1.29, 1.82) is 0 Å². The molecule has 5 aromatic carbocycles. The summed E-state index contributed by atoms with van der Waals surface area (Å²) in [6.45, 7) is 4.01. The maximum absolute atomic E-state index is 15.2. The monoisotopic (exact) mass is 2050 g/mol. The van der Waals surface area contributed by atoms with Crippen LogP contribution in [0.4, 0.5) is 37.1 Å². The highest BCUT2D eigenvalue weighted by molar-refractivity contribution is 6.08. The summed E-state index contributed by atoms with van der Waals surface area (Å²) in [6.07, 6.45) is -20.7. The zero-order chi connectivity index (χ0) is 104. The Labute approximate surface area is 836 Å². The molecule has 19 atom stereocenters. The number of fused-ring (bicyclic) bond motifs is 6. The van der Waals surface area contributed by atoms with Crippen LogP contribution in [0, 0.1) is 51.0 Å². The number of hydrogen-bond donors (Lipinski definition) is 15. The lowest BCUT2D eigenvalue weighted by atomic mass is 9.93. The van der Waals surface area contributed by atoms with Crippen LogP contribution < -0.4 is 60.1 Å². The van der Waals surface area contributed by atoms with E-state index in [2.05, 4.69) is 38.4 Å². The fourth-order valence-electron chi connectivity index (χ4n) is 18.9. The van der Waals surface area contributed by atoms with Crippen molar-refractivity contribution in [1.82, 2.24) is 31.1 Å². The average molecular weight is 2050 g/mol. The van der Waals surface area contributed by atoms with Crippen molar-refractivity contribution in [2.45, 2.75) is 209 Å². The standard InChI is InChI=1S/C98H122N10O38/c1-51(2)75(101-52(3)109)86(118)103-64(49-140-93-80(114)76(110)78(112)82(145-93)91(123)124)85(117)102-57-21-20-56(60(39-57)84(116)99-25-29-134-31-33-136-35-36-137-34-32-135-30-26-100-95(127)141-48-63-58-17-9-6-7-10-18-59(58)63)47-143-97(129)107-66-43-74(72(133-5)41-62(66)88(120)105-50-98(23-24-98)44-69(105)90(107)122)139-28-14-8-13-27-138-73-42-65-61(40-71(73)132-4)87(119)104-45-55-16-12-11-15-54(55)38-68(104)89(121)106(65)96(128)142-46-53-19-22-70(67(37-53)108(130)131)144-94-81(115)77(111)79(113)83(146-94)92(125)126/h11-12,15-16,19-22,37,39-43,51,58-59,63-64,68-69,75-83,89-90,93-94,110-115,121-122H,8-10,13-14,17-18,23-36,38,44-50H2,1-5H3,(H,99,116)(H,100,127)(H,101,109)(H,102,117)(H,103,118)(H,123,124)(H,125,126)/t58-,59+,63?,64-,68-,69-,75-,76-,77-,78-,79-,80+,81+,82-,83-,89-,90-,93+,94+/m0/s1. The molecule has 0 aromatic heterocycles. The highest BCUT2D eigenvalue weighted by Crippen LogP contribution is 2.58. The maximum Gasteiger partial charge on any atom is 0.416 e. The van der Waals surface area contributed by atoms with E-state index in [1.165, 1.54) is 72.6 Å². The quantitative estimate of drug-likeness (QED) is 0.00875. The van der Waals surface area contributed by atoms with E-state index in [1.807, 2.05) is 12.1 Å². The Morgan fingerprint density at radius 3 is 1.68 bits per heavy atom. The van der Waals surface area contributed by atoms with Gasteiger partial charge in [0, 0.05) is 81.0 Å². The van der Waals surface area contributed by atoms with E-state index in [0.29, 0.717) is 50.0 Å². The minimum atomic E-state index is -2.13. The number of aliphatic hydroxyl groups is 8. The molecule has 146 heavy (non-hydrogen) atoms. The van der Waals surface area contributed by atoms with Gasteiger partial charge in [-0.05, 0) is 134 Å². The molecule has 6 heterocycles. The number of nitro benzene ring substituents is 1. The molecule has 1 unspecified atom stereocenters. The fraction of sp³-hybridized carbons (Fsp3) is 0.561. The molecule has 0 bridgehead atoms. The number of alkyl carbamates (subject to hydrolysis) is 1. The van der Waals surface area contributed by atoms with Crippen LogP contribution in [0.1, 0.15) is 138 Å². The first-order valence-electron chi connectivity index (χ1n) is 48.1. The molecule has 9 aliphatic rings. The first-order valence-corrected chi connectivity index (χ1v) is 48.1. The molecule has 48 heteroatoms. The molecule has 2 saturated carbocycles. The molecular weight excluding hydrogens is 1930 g/mol. The number of carbonyl (C=O) groups is 11. The van der Waals surface area contributed by atoms with Crippen molar-refractivity contribution in [2.75, 3.05) is 128 Å². The van der Waals surface area contributed by atoms with Crippen LogP contribution in [-0.2, 0) is 97.5 Å². The van der Waals surface area contributed by atoms with Crippen molar-refractivity contribution in [3.8, 4) is 40.6 Å². The summed E-state index contributed by atoms with van der Waals surface area (Å²) in [6, 6.07) is 14.5. The van der Waals surface area contributed by atoms with Crippen molar-refractivity contribution >= 4 is 88.4 Å². The molecule has 48 nitrogen and oxygen atoms in total. The van der Waals surface area contributed by atoms with E-state index < -0.39 is 206 Å². The summed E-state index contributed by atoms with van der Waals surface area (Å²) in [4.78, 5) is 168. The number of hydrogen-bond acceptors (Lipinski definition) is 36. The summed E-state index contributed by atoms with van der Waals surface area (Å²) >= 11 is 0. The number of carboxylic acid groups (broad SMARTS) is 2. The largest absolute Gasteiger partial charge is 0.493 e. The number of anilines is 3. The van der Waals surface area contributed by atoms with Gasteiger partial charge in [0.2, 0.25) is 24.0 Å². The van der Waals surface area contributed by atoms with Gasteiger partial charge >= 0.3 is 35.9 Å². The summed E-state index contributed by atoms with van der Waals surface area (Å²) in [5.41, 5.74) is -0.497. The van der Waals surface area contributed by atoms with E-state index in [0.717, 1.165) is 78.5 Å². The number of benzene rings is 5. The van der Waals surface area contributed by atoms with Crippen LogP contribution in [0.2, 0.25) is 0 Å². The minimum Gasteiger partial charge on any atom is -0.493 e. The fourth-order valence-corrected chi connectivity index (χ4v) is 18.9. The Kier molecular flexibility index (Phi) is 36.9. The Balaban J connectivity index is 0.633. The lowest BCUT2D eigenvalue weighted by molar-refractivity contribution is -0.387. The van der Waals surface area contributed by atoms with Crippen molar-refractivity contribution in [3.05, 3.63) is 134 Å². The number of methoxy groups -OCH3 is 2. The number of nitrogens with one attached hydrogen (secondary N) is 5. The number of nitro groups is 1. The number of rotatable bonds is 46. The average Bonchev–Trinajstić information content (AvgIpc) is 1.56. The van der Waals surface area contributed by atoms with Gasteiger partial charge in [0.1, 0.15) is 61.9 Å². The van der Waals surface area contributed by atoms with Gasteiger partial charge < -0.3 is 159 Å². The van der Waals surface area contributed by atoms with Crippen LogP contribution >= 0.6 is 0 Å². The Hall–Kier alpha value is -13.0. The number of unbranched alkanes of at least 4 members (excludes halogenated alkanes) is 2. The molecule has 5 fully saturated rings. The van der Waals surface area contributed by atoms with Crippen molar-refractivity contribution < 1.29 is 180 Å². The van der Waals surface area contributed by atoms with Crippen LogP contribution in [0.5, 0.6) is 28.7 Å². The summed E-state index contributed by atoms with van der Waals surface area (Å²) in [5, 5.41) is 133. The second-order valence-corrected chi connectivity index (χ2v) is 37.1. The highest BCUT2D eigenvalue weighted by atomic mass is 16.7. The van der Waals surface area contributed by atoms with E-state index in [9.17, 15) is 109 Å². The molecule has 3 saturated heterocycles.